The third-order valence-electron chi connectivity index (χ3n) is 16.0. The van der Waals surface area contributed by atoms with Gasteiger partial charge in [0, 0.05) is 109 Å². The monoisotopic (exact) mass is 1670 g/mol. The van der Waals surface area contributed by atoms with Crippen LogP contribution >= 0.6 is 46.4 Å². The molecule has 0 aliphatic heterocycles. The summed E-state index contributed by atoms with van der Waals surface area (Å²) in [6.07, 6.45) is 7.23. The van der Waals surface area contributed by atoms with Crippen LogP contribution in [0.5, 0.6) is 34.5 Å². The second kappa shape index (κ2) is 37.2. The molecule has 0 spiro atoms. The summed E-state index contributed by atoms with van der Waals surface area (Å²) in [6, 6.07) is 28.1. The largest absolute Gasteiger partial charge is 0.453 e. The number of aromatic nitrogens is 9. The molecule has 0 saturated heterocycles. The highest BCUT2D eigenvalue weighted by Gasteiger charge is 2.26. The van der Waals surface area contributed by atoms with Gasteiger partial charge in [0.1, 0.15) is 77.9 Å². The molecule has 598 valence electrons. The Hall–Kier alpha value is -13.9. The predicted octanol–water partition coefficient (Wildman–Crippen LogP) is 13.0. The summed E-state index contributed by atoms with van der Waals surface area (Å²) >= 11 is 23.4. The van der Waals surface area contributed by atoms with Crippen LogP contribution in [0.15, 0.2) is 212 Å². The van der Waals surface area contributed by atoms with Gasteiger partial charge in [-0.15, -0.1) is 0 Å². The zero-order valence-electron chi connectivity index (χ0n) is 60.9. The molecular formula is C77H61Cl4F6N15O14. The Morgan fingerprint density at radius 3 is 1.01 bits per heavy atom. The highest BCUT2D eigenvalue weighted by molar-refractivity contribution is 6.67. The van der Waals surface area contributed by atoms with Gasteiger partial charge >= 0.3 is 17.1 Å². The Morgan fingerprint density at radius 1 is 0.397 bits per heavy atom. The van der Waals surface area contributed by atoms with Gasteiger partial charge < -0.3 is 47.8 Å². The molecule has 0 radical (unpaired) electrons. The number of rotatable bonds is 19. The van der Waals surface area contributed by atoms with Gasteiger partial charge in [-0.05, 0) is 162 Å². The van der Waals surface area contributed by atoms with Crippen molar-refractivity contribution in [3.05, 3.63) is 323 Å². The van der Waals surface area contributed by atoms with Crippen molar-refractivity contribution in [2.75, 3.05) is 22.1 Å². The number of pyridine rings is 3. The van der Waals surface area contributed by atoms with Crippen molar-refractivity contribution >= 4 is 98.2 Å². The lowest BCUT2D eigenvalue weighted by Crippen LogP contribution is -2.42. The van der Waals surface area contributed by atoms with Crippen molar-refractivity contribution < 1.29 is 64.5 Å². The van der Waals surface area contributed by atoms with E-state index in [9.17, 15) is 79.1 Å². The molecule has 0 bridgehead atoms. The number of hydrogen-bond acceptors (Lipinski definition) is 19. The zero-order valence-corrected chi connectivity index (χ0v) is 63.9. The maximum absolute atomic E-state index is 14.8. The number of benzene rings is 6. The van der Waals surface area contributed by atoms with Crippen molar-refractivity contribution in [2.24, 2.45) is 11.5 Å². The van der Waals surface area contributed by atoms with Crippen LogP contribution in [-0.2, 0) is 0 Å². The Kier molecular flexibility index (Phi) is 27.6. The number of anilines is 4. The van der Waals surface area contributed by atoms with Gasteiger partial charge in [0.05, 0.1) is 17.1 Å². The first-order chi connectivity index (χ1) is 54.8. The quantitative estimate of drug-likeness (QED) is 0.0249. The summed E-state index contributed by atoms with van der Waals surface area (Å²) in [5, 5.41) is 3.64. The number of ether oxygens (including phenoxy) is 3. The van der Waals surface area contributed by atoms with E-state index in [1.54, 1.807) is 41.5 Å². The molecule has 0 aliphatic carbocycles. The van der Waals surface area contributed by atoms with Crippen LogP contribution in [0, 0.1) is 34.9 Å². The van der Waals surface area contributed by atoms with Gasteiger partial charge in [-0.2, -0.15) is 0 Å². The molecular weight excluding hydrogens is 1610 g/mol. The average Bonchev–Trinajstić information content (AvgIpc) is 0.778. The number of primary amides is 2. The van der Waals surface area contributed by atoms with Crippen molar-refractivity contribution in [1.82, 2.24) is 42.4 Å². The van der Waals surface area contributed by atoms with E-state index < -0.39 is 115 Å². The maximum Gasteiger partial charge on any atom is 0.335 e. The van der Waals surface area contributed by atoms with Crippen LogP contribution in [-0.4, -0.2) is 71.2 Å². The minimum absolute atomic E-state index is 0.0111. The molecule has 0 atom stereocenters. The highest BCUT2D eigenvalue weighted by atomic mass is 35.5. The van der Waals surface area contributed by atoms with E-state index in [-0.39, 0.29) is 118 Å². The van der Waals surface area contributed by atoms with Gasteiger partial charge in [0.15, 0.2) is 40.4 Å². The molecule has 0 saturated carbocycles. The van der Waals surface area contributed by atoms with E-state index in [0.29, 0.717) is 0 Å². The van der Waals surface area contributed by atoms with E-state index in [4.69, 9.17) is 83.5 Å². The summed E-state index contributed by atoms with van der Waals surface area (Å²) in [4.78, 5) is 148. The van der Waals surface area contributed by atoms with Gasteiger partial charge in [-0.1, -0.05) is 34.8 Å². The van der Waals surface area contributed by atoms with E-state index in [0.717, 1.165) is 86.9 Å². The molecule has 39 heteroatoms. The molecule has 0 unspecified atom stereocenters. The third kappa shape index (κ3) is 20.1. The second-order valence-electron chi connectivity index (χ2n) is 25.0. The van der Waals surface area contributed by atoms with Crippen LogP contribution in [0.1, 0.15) is 112 Å². The van der Waals surface area contributed by atoms with Crippen LogP contribution < -0.4 is 81.5 Å². The van der Waals surface area contributed by atoms with Crippen molar-refractivity contribution in [3.8, 4) is 51.6 Å². The number of nitrogens with one attached hydrogen (secondary N) is 2. The van der Waals surface area contributed by atoms with Crippen molar-refractivity contribution in [3.63, 3.8) is 0 Å². The molecule has 0 aliphatic rings. The Labute approximate surface area is 669 Å². The molecule has 6 aromatic heterocycles. The summed E-state index contributed by atoms with van der Waals surface area (Å²) < 4.78 is 105. The van der Waals surface area contributed by atoms with Crippen molar-refractivity contribution in [1.29, 1.82) is 0 Å². The highest BCUT2D eigenvalue weighted by Crippen LogP contribution is 2.37. The first kappa shape index (κ1) is 86.1. The lowest BCUT2D eigenvalue weighted by atomic mass is 10.2. The SMILES string of the molecule is CC(C)n1cc(C(=O)Cl)c(=O)n(-c2ccc(F)cc2)c1=O.CC(C)n1cc(C(=O)Nc2ccc(Oc3ccnc(C(N)=O)c3Cl)c(F)c2)c(=O)n(-c2ccc(F)cc2)c1=O.CC(C)n1cc(C(=O)Nc2ccc(Oc3ccnc(N)c3Cl)c(F)c2)c(=O)n(-c2ccc(F)cc2)c1=O.NC(=O)c1nccc(Oc2ccc(N)cc2F)c1Cl. The summed E-state index contributed by atoms with van der Waals surface area (Å²) in [7, 11) is 0. The normalized spacial score (nSPS) is 10.8. The number of nitrogens with two attached hydrogens (primary N) is 4. The number of amides is 4. The molecule has 116 heavy (non-hydrogen) atoms. The van der Waals surface area contributed by atoms with Gasteiger partial charge in [0.2, 0.25) is 0 Å². The van der Waals surface area contributed by atoms with Crippen LogP contribution in [0.4, 0.5) is 49.2 Å². The van der Waals surface area contributed by atoms with Crippen LogP contribution in [0.2, 0.25) is 15.1 Å². The molecule has 6 heterocycles. The minimum atomic E-state index is -0.953. The first-order valence-electron chi connectivity index (χ1n) is 33.6. The molecule has 12 rings (SSSR count). The van der Waals surface area contributed by atoms with Gasteiger partial charge in [-0.25, -0.2) is 69.4 Å². The lowest BCUT2D eigenvalue weighted by molar-refractivity contribution is 0.0987. The number of nitrogens with zero attached hydrogens (tertiary/aromatic N) is 9. The van der Waals surface area contributed by atoms with Crippen molar-refractivity contribution in [2.45, 2.75) is 59.7 Å². The van der Waals surface area contributed by atoms with Crippen LogP contribution in [0.3, 0.4) is 0 Å². The third-order valence-corrected chi connectivity index (χ3v) is 17.3. The minimum Gasteiger partial charge on any atom is -0.453 e. The van der Waals surface area contributed by atoms with Gasteiger partial charge in [-0.3, -0.25) is 52.1 Å². The number of nitrogen functional groups attached to an aromatic ring is 2. The smallest absolute Gasteiger partial charge is 0.335 e. The first-order valence-corrected chi connectivity index (χ1v) is 35.1. The summed E-state index contributed by atoms with van der Waals surface area (Å²) in [5.74, 6) is -7.96. The summed E-state index contributed by atoms with van der Waals surface area (Å²) in [6.45, 7) is 10.2. The molecule has 29 nitrogen and oxygen atoms in total. The van der Waals surface area contributed by atoms with E-state index in [1.807, 2.05) is 0 Å². The lowest BCUT2D eigenvalue weighted by Gasteiger charge is -2.16. The number of halogens is 10. The Balaban J connectivity index is 0.000000185. The number of carbonyl (C=O) groups is 5. The topological polar surface area (TPSA) is 412 Å². The molecule has 6 aromatic carbocycles. The molecule has 0 fully saturated rings. The Morgan fingerprint density at radius 2 is 0.698 bits per heavy atom. The fraction of sp³-hybridized carbons (Fsp3) is 0.117. The second-order valence-corrected chi connectivity index (χ2v) is 26.5. The number of carbonyl (C=O) groups excluding carboxylic acids is 5. The van der Waals surface area contributed by atoms with E-state index in [2.05, 4.69) is 25.6 Å². The molecule has 12 aromatic rings. The fourth-order valence-corrected chi connectivity index (χ4v) is 11.0. The standard InChI is InChI=1S/C26H20ClF2N5O5.C25H20ClF2N5O4.C14H12ClFN2O3.C12H9ClFN3O2/c1-13(2)33-12-17(25(37)34(26(33)38)16-6-3-14(28)4-7-16)24(36)32-15-5-8-19(18(29)11-15)39-20-9-10-31-22(21(20)27)23(30)35;1-13(2)32-12-17(24(35)33(25(32)36)16-6-3-14(27)4-7-16)23(34)31-15-5-8-19(18(28)11-15)37-20-9-10-30-22(29)21(20)26;1-8(2)17-7-11(12(15)19)13(20)18(14(17)21)10-5-3-9(16)4-6-10;13-10-9(3-4-17-11(10)12(16)18)19-8-2-1-6(15)5-7(8)14/h3-13H,1-2H3,(H2,30,35)(H,32,36);3-13H,1-2H3,(H2,29,30)(H,31,34);3-8H,1-2H3;1-5H,15H2,(H2,16,18). The van der Waals surface area contributed by atoms with Crippen LogP contribution in [0.25, 0.3) is 17.1 Å². The predicted molar refractivity (Wildman–Crippen MR) is 419 cm³/mol. The van der Waals surface area contributed by atoms with E-state index >= 15 is 0 Å². The maximum atomic E-state index is 14.8. The number of hydrogen-bond donors (Lipinski definition) is 6. The average molecular weight is 1680 g/mol. The van der Waals surface area contributed by atoms with E-state index in [1.165, 1.54) is 123 Å². The molecule has 4 amide bonds. The molecule has 10 N–H and O–H groups in total. The summed E-state index contributed by atoms with van der Waals surface area (Å²) in [5.41, 5.74) is 15.7. The fourth-order valence-electron chi connectivity index (χ4n) is 10.3. The van der Waals surface area contributed by atoms with Gasteiger partial charge in [0.25, 0.3) is 45.5 Å². The Bertz CT molecular complexity index is 6230. The zero-order chi connectivity index (χ0) is 85.0.